The molecule has 23 heavy (non-hydrogen) atoms. The van der Waals surface area contributed by atoms with Gasteiger partial charge in [0.25, 0.3) is 0 Å². The van der Waals surface area contributed by atoms with Crippen LogP contribution in [0.15, 0.2) is 42.6 Å². The molecule has 6 heteroatoms. The molecule has 0 atom stereocenters. The number of ether oxygens (including phenoxy) is 1. The molecular weight excluding hydrogens is 299 g/mol. The van der Waals surface area contributed by atoms with Crippen molar-refractivity contribution in [2.24, 2.45) is 0 Å². The number of aromatic carboxylic acids is 1. The highest BCUT2D eigenvalue weighted by molar-refractivity contribution is 5.94. The summed E-state index contributed by atoms with van der Waals surface area (Å²) in [7, 11) is 0. The number of rotatable bonds is 5. The van der Waals surface area contributed by atoms with Gasteiger partial charge in [-0.3, -0.25) is 4.40 Å². The van der Waals surface area contributed by atoms with Crippen LogP contribution in [0.25, 0.3) is 16.9 Å². The van der Waals surface area contributed by atoms with Crippen molar-refractivity contribution in [3.63, 3.8) is 0 Å². The molecule has 0 amide bonds. The van der Waals surface area contributed by atoms with Crippen LogP contribution in [-0.4, -0.2) is 27.1 Å². The molecule has 0 spiro atoms. The van der Waals surface area contributed by atoms with Gasteiger partial charge < -0.3 is 9.84 Å². The summed E-state index contributed by atoms with van der Waals surface area (Å²) in [5.74, 6) is -0.973. The van der Waals surface area contributed by atoms with Crippen LogP contribution in [0.1, 0.15) is 23.8 Å². The monoisotopic (exact) mass is 314 g/mol. The van der Waals surface area contributed by atoms with E-state index >= 15 is 0 Å². The Balaban J connectivity index is 2.08. The number of carboxylic acids is 1. The molecule has 0 bridgehead atoms. The summed E-state index contributed by atoms with van der Waals surface area (Å²) >= 11 is 0. The Kier molecular flexibility index (Phi) is 3.97. The fourth-order valence-corrected chi connectivity index (χ4v) is 2.35. The van der Waals surface area contributed by atoms with Crippen LogP contribution >= 0.6 is 0 Å². The van der Waals surface area contributed by atoms with Gasteiger partial charge in [-0.15, -0.1) is 0 Å². The Morgan fingerprint density at radius 1 is 1.26 bits per heavy atom. The number of nitrogens with zero attached hydrogens (tertiary/aromatic N) is 2. The number of halogens is 1. The van der Waals surface area contributed by atoms with E-state index in [0.29, 0.717) is 29.3 Å². The van der Waals surface area contributed by atoms with Gasteiger partial charge in [0.05, 0.1) is 6.61 Å². The molecule has 0 saturated heterocycles. The molecule has 0 fully saturated rings. The smallest absolute Gasteiger partial charge is 0.355 e. The Morgan fingerprint density at radius 3 is 2.65 bits per heavy atom. The molecular formula is C17H15FN2O3. The lowest BCUT2D eigenvalue weighted by Crippen LogP contribution is -2.04. The predicted molar refractivity (Wildman–Crippen MR) is 83.3 cm³/mol. The van der Waals surface area contributed by atoms with Crippen molar-refractivity contribution in [1.29, 1.82) is 0 Å². The number of benzene rings is 1. The Labute approximate surface area is 132 Å². The van der Waals surface area contributed by atoms with E-state index in [9.17, 15) is 14.3 Å². The zero-order valence-electron chi connectivity index (χ0n) is 12.5. The highest BCUT2D eigenvalue weighted by atomic mass is 19.1. The molecule has 2 heterocycles. The molecule has 0 unspecified atom stereocenters. The van der Waals surface area contributed by atoms with Gasteiger partial charge in [-0.2, -0.15) is 0 Å². The SMILES string of the molecule is CCCOc1ccc(-c2nc3ccc(F)cn3c2C(=O)O)cc1. The van der Waals surface area contributed by atoms with Crippen molar-refractivity contribution >= 4 is 11.6 Å². The molecule has 2 aromatic heterocycles. The third kappa shape index (κ3) is 2.88. The Bertz CT molecular complexity index is 856. The van der Waals surface area contributed by atoms with E-state index in [1.807, 2.05) is 6.92 Å². The van der Waals surface area contributed by atoms with Gasteiger partial charge in [0, 0.05) is 11.8 Å². The number of pyridine rings is 1. The van der Waals surface area contributed by atoms with E-state index in [0.717, 1.165) is 12.6 Å². The molecule has 5 nitrogen and oxygen atoms in total. The second-order valence-corrected chi connectivity index (χ2v) is 5.06. The average molecular weight is 314 g/mol. The van der Waals surface area contributed by atoms with Gasteiger partial charge in [-0.25, -0.2) is 14.2 Å². The zero-order chi connectivity index (χ0) is 16.4. The molecule has 3 aromatic rings. The summed E-state index contributed by atoms with van der Waals surface area (Å²) in [5, 5.41) is 9.47. The average Bonchev–Trinajstić information content (AvgIpc) is 2.92. The number of hydrogen-bond donors (Lipinski definition) is 1. The molecule has 118 valence electrons. The van der Waals surface area contributed by atoms with Crippen molar-refractivity contribution in [3.8, 4) is 17.0 Å². The van der Waals surface area contributed by atoms with Crippen LogP contribution < -0.4 is 4.74 Å². The minimum absolute atomic E-state index is 0.0678. The quantitative estimate of drug-likeness (QED) is 0.781. The van der Waals surface area contributed by atoms with E-state index in [4.69, 9.17) is 4.74 Å². The van der Waals surface area contributed by atoms with Crippen molar-refractivity contribution in [2.45, 2.75) is 13.3 Å². The third-order valence-corrected chi connectivity index (χ3v) is 3.39. The van der Waals surface area contributed by atoms with Crippen molar-refractivity contribution < 1.29 is 19.0 Å². The van der Waals surface area contributed by atoms with Crippen LogP contribution in [-0.2, 0) is 0 Å². The second kappa shape index (κ2) is 6.08. The molecule has 0 aliphatic carbocycles. The van der Waals surface area contributed by atoms with Gasteiger partial charge in [-0.1, -0.05) is 6.92 Å². The Hall–Kier alpha value is -2.89. The lowest BCUT2D eigenvalue weighted by atomic mass is 10.1. The fourth-order valence-electron chi connectivity index (χ4n) is 2.35. The first-order valence-electron chi connectivity index (χ1n) is 7.24. The number of fused-ring (bicyclic) bond motifs is 1. The van der Waals surface area contributed by atoms with Crippen LogP contribution in [0, 0.1) is 5.82 Å². The number of imidazole rings is 1. The highest BCUT2D eigenvalue weighted by Crippen LogP contribution is 2.26. The standard InChI is InChI=1S/C17H15FN2O3/c1-2-9-23-13-6-3-11(4-7-13)15-16(17(21)22)20-10-12(18)5-8-14(20)19-15/h3-8,10H,2,9H2,1H3,(H,21,22). The zero-order valence-corrected chi connectivity index (χ0v) is 12.5. The van der Waals surface area contributed by atoms with Crippen LogP contribution in [0.2, 0.25) is 0 Å². The van der Waals surface area contributed by atoms with Gasteiger partial charge >= 0.3 is 5.97 Å². The number of carboxylic acid groups (broad SMARTS) is 1. The summed E-state index contributed by atoms with van der Waals surface area (Å²) in [6.07, 6.45) is 2.02. The largest absolute Gasteiger partial charge is 0.494 e. The maximum Gasteiger partial charge on any atom is 0.355 e. The third-order valence-electron chi connectivity index (χ3n) is 3.39. The molecule has 1 N–H and O–H groups in total. The first-order chi connectivity index (χ1) is 11.1. The molecule has 0 saturated carbocycles. The highest BCUT2D eigenvalue weighted by Gasteiger charge is 2.20. The van der Waals surface area contributed by atoms with Gasteiger partial charge in [0.1, 0.15) is 22.9 Å². The van der Waals surface area contributed by atoms with E-state index in [-0.39, 0.29) is 5.69 Å². The van der Waals surface area contributed by atoms with Gasteiger partial charge in [0.2, 0.25) is 0 Å². The van der Waals surface area contributed by atoms with E-state index in [1.165, 1.54) is 16.5 Å². The first-order valence-corrected chi connectivity index (χ1v) is 7.24. The summed E-state index contributed by atoms with van der Waals surface area (Å²) < 4.78 is 20.2. The topological polar surface area (TPSA) is 63.8 Å². The maximum absolute atomic E-state index is 13.4. The van der Waals surface area contributed by atoms with Crippen LogP contribution in [0.5, 0.6) is 5.75 Å². The maximum atomic E-state index is 13.4. The fraction of sp³-hybridized carbons (Fsp3) is 0.176. The normalized spacial score (nSPS) is 10.9. The van der Waals surface area contributed by atoms with Crippen LogP contribution in [0.3, 0.4) is 0 Å². The molecule has 0 aliphatic heterocycles. The minimum atomic E-state index is -1.16. The molecule has 0 aliphatic rings. The summed E-state index contributed by atoms with van der Waals surface area (Å²) in [4.78, 5) is 15.9. The minimum Gasteiger partial charge on any atom is -0.494 e. The number of aromatic nitrogens is 2. The molecule has 1 aromatic carbocycles. The van der Waals surface area contributed by atoms with E-state index in [2.05, 4.69) is 4.98 Å². The van der Waals surface area contributed by atoms with E-state index < -0.39 is 11.8 Å². The van der Waals surface area contributed by atoms with Gasteiger partial charge in [-0.05, 0) is 42.8 Å². The van der Waals surface area contributed by atoms with Crippen molar-refractivity contribution in [2.75, 3.05) is 6.61 Å². The summed E-state index contributed by atoms with van der Waals surface area (Å²) in [5.41, 5.74) is 1.24. The lowest BCUT2D eigenvalue weighted by Gasteiger charge is -2.05. The van der Waals surface area contributed by atoms with Crippen LogP contribution in [0.4, 0.5) is 4.39 Å². The Morgan fingerprint density at radius 2 is 2.00 bits per heavy atom. The lowest BCUT2D eigenvalue weighted by molar-refractivity contribution is 0.0690. The van der Waals surface area contributed by atoms with Crippen molar-refractivity contribution in [3.05, 3.63) is 54.1 Å². The number of carbonyl (C=O) groups is 1. The van der Waals surface area contributed by atoms with Crippen molar-refractivity contribution in [1.82, 2.24) is 9.38 Å². The summed E-state index contributed by atoms with van der Waals surface area (Å²) in [6, 6.07) is 9.72. The molecule has 3 rings (SSSR count). The first kappa shape index (κ1) is 15.0. The number of hydrogen-bond acceptors (Lipinski definition) is 3. The van der Waals surface area contributed by atoms with E-state index in [1.54, 1.807) is 24.3 Å². The van der Waals surface area contributed by atoms with Gasteiger partial charge in [0.15, 0.2) is 5.69 Å². The second-order valence-electron chi connectivity index (χ2n) is 5.06. The molecule has 0 radical (unpaired) electrons. The predicted octanol–water partition coefficient (Wildman–Crippen LogP) is 3.63. The summed E-state index contributed by atoms with van der Waals surface area (Å²) in [6.45, 7) is 2.64.